The van der Waals surface area contributed by atoms with Crippen molar-refractivity contribution in [3.63, 3.8) is 0 Å². The van der Waals surface area contributed by atoms with Crippen molar-refractivity contribution in [3.8, 4) is 11.5 Å². The molecule has 164 valence electrons. The molecule has 0 radical (unpaired) electrons. The summed E-state index contributed by atoms with van der Waals surface area (Å²) in [5.41, 5.74) is 1.57. The lowest BCUT2D eigenvalue weighted by Gasteiger charge is -2.37. The van der Waals surface area contributed by atoms with Crippen molar-refractivity contribution in [2.45, 2.75) is 19.4 Å². The first kappa shape index (κ1) is 20.8. The number of hydrazone groups is 1. The molecule has 2 aromatic rings. The summed E-state index contributed by atoms with van der Waals surface area (Å²) in [7, 11) is 1.56. The number of methoxy groups -OCH3 is 1. The van der Waals surface area contributed by atoms with E-state index in [1.54, 1.807) is 25.3 Å². The van der Waals surface area contributed by atoms with Crippen LogP contribution in [0.3, 0.4) is 0 Å². The minimum Gasteiger partial charge on any atom is -0.493 e. The monoisotopic (exact) mass is 450 g/mol. The number of imide groups is 1. The van der Waals surface area contributed by atoms with Gasteiger partial charge in [-0.25, -0.2) is 0 Å². The zero-order valence-corrected chi connectivity index (χ0v) is 18.4. The third-order valence-corrected chi connectivity index (χ3v) is 6.96. The van der Waals surface area contributed by atoms with E-state index < -0.39 is 0 Å². The van der Waals surface area contributed by atoms with Gasteiger partial charge >= 0.3 is 0 Å². The molecule has 1 saturated carbocycles. The Bertz CT molecular complexity index is 1100. The molecule has 6 nitrogen and oxygen atoms in total. The maximum absolute atomic E-state index is 12.9. The van der Waals surface area contributed by atoms with Crippen molar-refractivity contribution in [2.24, 2.45) is 28.8 Å². The van der Waals surface area contributed by atoms with Gasteiger partial charge in [0.05, 0.1) is 25.2 Å². The fourth-order valence-electron chi connectivity index (χ4n) is 4.95. The molecule has 2 aromatic carbocycles. The number of allylic oxidation sites excluding steroid dienone is 2. The number of carbonyl (C=O) groups is 2. The van der Waals surface area contributed by atoms with Crippen LogP contribution in [-0.2, 0) is 16.2 Å². The van der Waals surface area contributed by atoms with Gasteiger partial charge in [0, 0.05) is 10.6 Å². The molecule has 6 rings (SSSR count). The quantitative estimate of drug-likeness (QED) is 0.370. The molecule has 4 atom stereocenters. The van der Waals surface area contributed by atoms with Gasteiger partial charge in [0.1, 0.15) is 6.61 Å². The van der Waals surface area contributed by atoms with Crippen LogP contribution in [0.15, 0.2) is 59.7 Å². The summed E-state index contributed by atoms with van der Waals surface area (Å²) in [6.45, 7) is 0.305. The minimum absolute atomic E-state index is 0.149. The van der Waals surface area contributed by atoms with Gasteiger partial charge in [-0.05, 0) is 54.5 Å². The van der Waals surface area contributed by atoms with Crippen molar-refractivity contribution < 1.29 is 19.1 Å². The second-order valence-electron chi connectivity index (χ2n) is 8.36. The number of ether oxygens (including phenoxy) is 2. The van der Waals surface area contributed by atoms with E-state index in [2.05, 4.69) is 17.3 Å². The predicted molar refractivity (Wildman–Crippen MR) is 121 cm³/mol. The van der Waals surface area contributed by atoms with Crippen LogP contribution in [0.5, 0.6) is 11.5 Å². The standard InChI is InChI=1S/C25H23ClN2O4/c1-31-21-12-15(6-11-20(21)32-14-18-4-2-3-5-19(18)26)13-27-28-24(29)22-16-7-8-17(10-9-16)23(22)25(28)30/h2-8,11-13,16-17,22-23H,9-10,14H2,1H3/b27-13-/t16-,17-,22+,23+/m0/s1. The molecule has 1 aliphatic heterocycles. The number of halogens is 1. The largest absolute Gasteiger partial charge is 0.493 e. The molecular weight excluding hydrogens is 428 g/mol. The van der Waals surface area contributed by atoms with E-state index in [4.69, 9.17) is 21.1 Å². The average molecular weight is 451 g/mol. The molecule has 2 fully saturated rings. The fourth-order valence-corrected chi connectivity index (χ4v) is 5.14. The van der Waals surface area contributed by atoms with Gasteiger partial charge in [-0.1, -0.05) is 42.0 Å². The summed E-state index contributed by atoms with van der Waals surface area (Å²) in [4.78, 5) is 25.8. The molecule has 0 N–H and O–H groups in total. The van der Waals surface area contributed by atoms with Crippen molar-refractivity contribution in [3.05, 3.63) is 70.8 Å². The number of hydrogen-bond acceptors (Lipinski definition) is 5. The lowest BCUT2D eigenvalue weighted by Crippen LogP contribution is -2.38. The molecule has 1 saturated heterocycles. The molecule has 1 heterocycles. The maximum Gasteiger partial charge on any atom is 0.254 e. The molecule has 32 heavy (non-hydrogen) atoms. The smallest absolute Gasteiger partial charge is 0.254 e. The molecular formula is C25H23ClN2O4. The Morgan fingerprint density at radius 1 is 1.03 bits per heavy atom. The zero-order valence-electron chi connectivity index (χ0n) is 17.6. The van der Waals surface area contributed by atoms with Crippen LogP contribution in [0.25, 0.3) is 0 Å². The van der Waals surface area contributed by atoms with Crippen LogP contribution in [0.1, 0.15) is 24.0 Å². The lowest BCUT2D eigenvalue weighted by molar-refractivity contribution is -0.140. The molecule has 7 heteroatoms. The van der Waals surface area contributed by atoms with Crippen LogP contribution in [0.2, 0.25) is 5.02 Å². The van der Waals surface area contributed by atoms with E-state index in [9.17, 15) is 9.59 Å². The number of fused-ring (bicyclic) bond motifs is 1. The molecule has 2 amide bonds. The summed E-state index contributed by atoms with van der Waals surface area (Å²) < 4.78 is 11.3. The van der Waals surface area contributed by atoms with Gasteiger partial charge in [0.2, 0.25) is 0 Å². The van der Waals surface area contributed by atoms with Crippen molar-refractivity contribution in [1.82, 2.24) is 5.01 Å². The van der Waals surface area contributed by atoms with Crippen LogP contribution in [0, 0.1) is 23.7 Å². The summed E-state index contributed by atoms with van der Waals surface area (Å²) >= 11 is 6.19. The highest BCUT2D eigenvalue weighted by Gasteiger charge is 2.56. The van der Waals surface area contributed by atoms with E-state index in [1.807, 2.05) is 24.3 Å². The summed E-state index contributed by atoms with van der Waals surface area (Å²) in [5, 5.41) is 5.95. The Labute approximate surface area is 191 Å². The Hall–Kier alpha value is -3.12. The third-order valence-electron chi connectivity index (χ3n) is 6.59. The Morgan fingerprint density at radius 3 is 2.34 bits per heavy atom. The van der Waals surface area contributed by atoms with Crippen molar-refractivity contribution in [1.29, 1.82) is 0 Å². The topological polar surface area (TPSA) is 68.2 Å². The Morgan fingerprint density at radius 2 is 1.72 bits per heavy atom. The molecule has 0 aromatic heterocycles. The maximum atomic E-state index is 12.9. The molecule has 2 bridgehead atoms. The second-order valence-corrected chi connectivity index (χ2v) is 8.77. The van der Waals surface area contributed by atoms with Gasteiger partial charge in [-0.2, -0.15) is 10.1 Å². The number of carbonyl (C=O) groups excluding carboxylic acids is 2. The van der Waals surface area contributed by atoms with Crippen LogP contribution in [-0.4, -0.2) is 30.1 Å². The van der Waals surface area contributed by atoms with Gasteiger partial charge in [0.25, 0.3) is 11.8 Å². The summed E-state index contributed by atoms with van der Waals surface area (Å²) in [6.07, 6.45) is 7.64. The number of hydrogen-bond donors (Lipinski definition) is 0. The first-order valence-electron chi connectivity index (χ1n) is 10.7. The Balaban J connectivity index is 1.31. The van der Waals surface area contributed by atoms with Crippen LogP contribution >= 0.6 is 11.6 Å². The number of benzene rings is 2. The lowest BCUT2D eigenvalue weighted by atomic mass is 9.63. The van der Waals surface area contributed by atoms with E-state index in [0.29, 0.717) is 28.7 Å². The number of amides is 2. The van der Waals surface area contributed by atoms with Gasteiger partial charge < -0.3 is 9.47 Å². The first-order chi connectivity index (χ1) is 15.6. The predicted octanol–water partition coefficient (Wildman–Crippen LogP) is 4.46. The Kier molecular flexibility index (Phi) is 5.47. The zero-order chi connectivity index (χ0) is 22.2. The number of nitrogens with zero attached hydrogens (tertiary/aromatic N) is 2. The van der Waals surface area contributed by atoms with E-state index >= 15 is 0 Å². The van der Waals surface area contributed by atoms with Gasteiger partial charge in [-0.15, -0.1) is 0 Å². The highest BCUT2D eigenvalue weighted by atomic mass is 35.5. The van der Waals surface area contributed by atoms with Crippen molar-refractivity contribution >= 4 is 29.6 Å². The second kappa shape index (κ2) is 8.43. The first-order valence-corrected chi connectivity index (χ1v) is 11.1. The van der Waals surface area contributed by atoms with Gasteiger partial charge in [0.15, 0.2) is 11.5 Å². The number of rotatable bonds is 6. The van der Waals surface area contributed by atoms with Crippen LogP contribution in [0.4, 0.5) is 0 Å². The third kappa shape index (κ3) is 3.58. The normalized spacial score (nSPS) is 26.1. The molecule has 4 aliphatic rings. The summed E-state index contributed by atoms with van der Waals surface area (Å²) in [6, 6.07) is 12.8. The average Bonchev–Trinajstić information content (AvgIpc) is 3.10. The summed E-state index contributed by atoms with van der Waals surface area (Å²) in [5.74, 6) is 0.469. The molecule has 0 unspecified atom stereocenters. The van der Waals surface area contributed by atoms with Gasteiger partial charge in [-0.3, -0.25) is 9.59 Å². The highest BCUT2D eigenvalue weighted by molar-refractivity contribution is 6.31. The SMILES string of the molecule is COc1cc(/C=N\N2C(=O)[C@H]3[C@H](C2=O)[C@H]2C=C[C@H]3CC2)ccc1OCc1ccccc1Cl. The van der Waals surface area contributed by atoms with E-state index in [1.165, 1.54) is 6.21 Å². The minimum atomic E-state index is -0.265. The molecule has 3 aliphatic carbocycles. The van der Waals surface area contributed by atoms with E-state index in [-0.39, 0.29) is 35.5 Å². The fraction of sp³-hybridized carbons (Fsp3) is 0.320. The van der Waals surface area contributed by atoms with E-state index in [0.717, 1.165) is 23.4 Å². The molecule has 0 spiro atoms. The highest BCUT2D eigenvalue weighted by Crippen LogP contribution is 2.49. The van der Waals surface area contributed by atoms with Crippen molar-refractivity contribution in [2.75, 3.05) is 7.11 Å². The van der Waals surface area contributed by atoms with Crippen LogP contribution < -0.4 is 9.47 Å².